The van der Waals surface area contributed by atoms with Gasteiger partial charge in [-0.05, 0) is 31.0 Å². The maximum Gasteiger partial charge on any atom is 0.341 e. The van der Waals surface area contributed by atoms with E-state index in [1.165, 1.54) is 43.4 Å². The maximum absolute atomic E-state index is 12.6. The van der Waals surface area contributed by atoms with Crippen molar-refractivity contribution in [2.75, 3.05) is 11.9 Å². The van der Waals surface area contributed by atoms with Crippen molar-refractivity contribution in [1.29, 1.82) is 0 Å². The van der Waals surface area contributed by atoms with Gasteiger partial charge in [0.05, 0.1) is 6.61 Å². The number of nitrogens with one attached hydrogen (secondary N) is 1. The predicted molar refractivity (Wildman–Crippen MR) is 125 cm³/mol. The van der Waals surface area contributed by atoms with E-state index in [1.54, 1.807) is 6.92 Å². The molecule has 1 heterocycles. The summed E-state index contributed by atoms with van der Waals surface area (Å²) in [5.74, 6) is -0.453. The summed E-state index contributed by atoms with van der Waals surface area (Å²) >= 11 is 4.80. The molecule has 0 aliphatic heterocycles. The van der Waals surface area contributed by atoms with Gasteiger partial charge in [0, 0.05) is 21.8 Å². The Bertz CT molecular complexity index is 786. The zero-order chi connectivity index (χ0) is 21.1. The molecule has 1 amide bonds. The van der Waals surface area contributed by atoms with Gasteiger partial charge in [-0.25, -0.2) is 4.79 Å². The molecule has 6 heteroatoms. The number of rotatable bonds is 12. The first-order valence-electron chi connectivity index (χ1n) is 10.4. The van der Waals surface area contributed by atoms with Gasteiger partial charge in [0.1, 0.15) is 10.6 Å². The lowest BCUT2D eigenvalue weighted by molar-refractivity contribution is -0.116. The first-order chi connectivity index (χ1) is 14.1. The number of halogens is 1. The van der Waals surface area contributed by atoms with Gasteiger partial charge in [-0.3, -0.25) is 4.79 Å². The van der Waals surface area contributed by atoms with Crippen LogP contribution >= 0.6 is 27.3 Å². The molecule has 4 nitrogen and oxygen atoms in total. The quantitative estimate of drug-likeness (QED) is 0.254. The van der Waals surface area contributed by atoms with Crippen LogP contribution in [-0.2, 0) is 9.53 Å². The van der Waals surface area contributed by atoms with Gasteiger partial charge in [-0.15, -0.1) is 11.3 Å². The molecule has 0 saturated carbocycles. The molecule has 0 aliphatic carbocycles. The fraction of sp³-hybridized carbons (Fsp3) is 0.478. The third kappa shape index (κ3) is 7.59. The highest BCUT2D eigenvalue weighted by Crippen LogP contribution is 2.36. The molecular weight excluding hydrogens is 450 g/mol. The lowest BCUT2D eigenvalue weighted by atomic mass is 10.0. The van der Waals surface area contributed by atoms with Gasteiger partial charge in [0.15, 0.2) is 0 Å². The number of amides is 1. The Kier molecular flexibility index (Phi) is 10.4. The summed E-state index contributed by atoms with van der Waals surface area (Å²) in [6.07, 6.45) is 8.64. The Morgan fingerprint density at radius 2 is 1.66 bits per heavy atom. The molecule has 1 N–H and O–H groups in total. The summed E-state index contributed by atoms with van der Waals surface area (Å²) < 4.78 is 6.22. The smallest absolute Gasteiger partial charge is 0.341 e. The first-order valence-corrected chi connectivity index (χ1v) is 12.1. The van der Waals surface area contributed by atoms with Crippen LogP contribution in [0.4, 0.5) is 5.00 Å². The number of hydrogen-bond donors (Lipinski definition) is 1. The van der Waals surface area contributed by atoms with E-state index >= 15 is 0 Å². The summed E-state index contributed by atoms with van der Waals surface area (Å²) in [6.45, 7) is 4.28. The average Bonchev–Trinajstić information content (AvgIpc) is 3.11. The van der Waals surface area contributed by atoms with Gasteiger partial charge < -0.3 is 10.1 Å². The summed E-state index contributed by atoms with van der Waals surface area (Å²) in [7, 11) is 0. The molecule has 2 rings (SSSR count). The van der Waals surface area contributed by atoms with E-state index < -0.39 is 5.97 Å². The molecule has 0 fully saturated rings. The number of esters is 1. The molecule has 0 atom stereocenters. The van der Waals surface area contributed by atoms with Crippen LogP contribution in [-0.4, -0.2) is 18.5 Å². The van der Waals surface area contributed by atoms with Crippen molar-refractivity contribution in [2.45, 2.75) is 65.2 Å². The number of ether oxygens (including phenoxy) is 1. The summed E-state index contributed by atoms with van der Waals surface area (Å²) in [4.78, 5) is 25.0. The van der Waals surface area contributed by atoms with Gasteiger partial charge >= 0.3 is 5.97 Å². The van der Waals surface area contributed by atoms with Crippen molar-refractivity contribution in [2.24, 2.45) is 0 Å². The van der Waals surface area contributed by atoms with Crippen LogP contribution in [0.3, 0.4) is 0 Å². The van der Waals surface area contributed by atoms with Gasteiger partial charge in [0.25, 0.3) is 0 Å². The normalized spacial score (nSPS) is 10.7. The Hall–Kier alpha value is -1.66. The predicted octanol–water partition coefficient (Wildman–Crippen LogP) is 7.43. The van der Waals surface area contributed by atoms with Crippen LogP contribution in [0.5, 0.6) is 0 Å². The standard InChI is InChI=1S/C23H30BrNO3S/c1-3-5-6-7-8-9-10-11-20(26)25-22-21(23(27)28-4-2)19(16-29-22)17-12-14-18(24)15-13-17/h12-16H,3-11H2,1-2H3,(H,25,26). The molecule has 0 radical (unpaired) electrons. The zero-order valence-corrected chi connectivity index (χ0v) is 19.7. The number of unbranched alkanes of at least 4 members (excludes halogenated alkanes) is 6. The van der Waals surface area contributed by atoms with Crippen molar-refractivity contribution in [3.05, 3.63) is 39.7 Å². The summed E-state index contributed by atoms with van der Waals surface area (Å²) in [5.41, 5.74) is 2.14. The molecule has 0 aliphatic rings. The summed E-state index contributed by atoms with van der Waals surface area (Å²) in [5, 5.41) is 5.40. The Morgan fingerprint density at radius 1 is 1.00 bits per heavy atom. The molecule has 2 aromatic rings. The minimum Gasteiger partial charge on any atom is -0.462 e. The van der Waals surface area contributed by atoms with Gasteiger partial charge in [-0.1, -0.05) is 73.5 Å². The molecule has 0 saturated heterocycles. The highest BCUT2D eigenvalue weighted by Gasteiger charge is 2.22. The minimum absolute atomic E-state index is 0.0479. The van der Waals surface area contributed by atoms with E-state index in [9.17, 15) is 9.59 Å². The molecule has 0 spiro atoms. The third-order valence-electron chi connectivity index (χ3n) is 4.69. The topological polar surface area (TPSA) is 55.4 Å². The highest BCUT2D eigenvalue weighted by atomic mass is 79.9. The zero-order valence-electron chi connectivity index (χ0n) is 17.3. The number of carbonyl (C=O) groups is 2. The fourth-order valence-electron chi connectivity index (χ4n) is 3.13. The van der Waals surface area contributed by atoms with E-state index in [2.05, 4.69) is 28.2 Å². The Morgan fingerprint density at radius 3 is 2.31 bits per heavy atom. The average molecular weight is 480 g/mol. The molecule has 0 unspecified atom stereocenters. The fourth-order valence-corrected chi connectivity index (χ4v) is 4.37. The highest BCUT2D eigenvalue weighted by molar-refractivity contribution is 9.10. The van der Waals surface area contributed by atoms with Gasteiger partial charge in [0.2, 0.25) is 5.91 Å². The largest absolute Gasteiger partial charge is 0.462 e. The molecule has 1 aromatic carbocycles. The second-order valence-corrected chi connectivity index (χ2v) is 8.80. The number of thiophene rings is 1. The molecule has 158 valence electrons. The lowest BCUT2D eigenvalue weighted by Crippen LogP contribution is -2.14. The Labute approximate surface area is 186 Å². The number of carbonyl (C=O) groups excluding carboxylic acids is 2. The minimum atomic E-state index is -0.405. The monoisotopic (exact) mass is 479 g/mol. The molecular formula is C23H30BrNO3S. The van der Waals surface area contributed by atoms with Crippen LogP contribution in [0.15, 0.2) is 34.1 Å². The second kappa shape index (κ2) is 12.8. The maximum atomic E-state index is 12.6. The molecule has 29 heavy (non-hydrogen) atoms. The van der Waals surface area contributed by atoms with E-state index in [1.807, 2.05) is 29.6 Å². The SMILES string of the molecule is CCCCCCCCCC(=O)Nc1scc(-c2ccc(Br)cc2)c1C(=O)OCC. The molecule has 1 aromatic heterocycles. The van der Waals surface area contributed by atoms with Crippen LogP contribution in [0.2, 0.25) is 0 Å². The van der Waals surface area contributed by atoms with Gasteiger partial charge in [-0.2, -0.15) is 0 Å². The van der Waals surface area contributed by atoms with Crippen LogP contribution in [0, 0.1) is 0 Å². The number of benzene rings is 1. The van der Waals surface area contributed by atoms with Crippen molar-refractivity contribution in [3.63, 3.8) is 0 Å². The summed E-state index contributed by atoms with van der Waals surface area (Å²) in [6, 6.07) is 7.75. The second-order valence-electron chi connectivity index (χ2n) is 7.00. The van der Waals surface area contributed by atoms with E-state index in [0.717, 1.165) is 28.4 Å². The van der Waals surface area contributed by atoms with Crippen molar-refractivity contribution < 1.29 is 14.3 Å². The Balaban J connectivity index is 2.01. The van der Waals surface area contributed by atoms with Crippen molar-refractivity contribution >= 4 is 44.1 Å². The van der Waals surface area contributed by atoms with E-state index in [-0.39, 0.29) is 5.91 Å². The first kappa shape index (κ1) is 23.6. The third-order valence-corrected chi connectivity index (χ3v) is 6.11. The lowest BCUT2D eigenvalue weighted by Gasteiger charge is -2.09. The van der Waals surface area contributed by atoms with Crippen LogP contribution in [0.1, 0.15) is 75.6 Å². The number of hydrogen-bond acceptors (Lipinski definition) is 4. The molecule has 0 bridgehead atoms. The number of anilines is 1. The van der Waals surface area contributed by atoms with Crippen molar-refractivity contribution in [3.8, 4) is 11.1 Å². The van der Waals surface area contributed by atoms with E-state index in [4.69, 9.17) is 4.74 Å². The van der Waals surface area contributed by atoms with Crippen LogP contribution < -0.4 is 5.32 Å². The van der Waals surface area contributed by atoms with E-state index in [0.29, 0.717) is 23.6 Å². The van der Waals surface area contributed by atoms with Crippen molar-refractivity contribution in [1.82, 2.24) is 0 Å². The van der Waals surface area contributed by atoms with Crippen LogP contribution in [0.25, 0.3) is 11.1 Å².